The van der Waals surface area contributed by atoms with Crippen LogP contribution in [-0.2, 0) is 11.3 Å². The average molecular weight is 235 g/mol. The number of nitrogens with two attached hydrogens (primary N) is 1. The molecule has 0 amide bonds. The second-order valence-electron chi connectivity index (χ2n) is 4.73. The van der Waals surface area contributed by atoms with Crippen LogP contribution in [0.4, 0.5) is 0 Å². The summed E-state index contributed by atoms with van der Waals surface area (Å²) in [4.78, 5) is 17.3. The Morgan fingerprint density at radius 3 is 2.94 bits per heavy atom. The van der Waals surface area contributed by atoms with Crippen molar-refractivity contribution in [2.45, 2.75) is 25.4 Å². The molecule has 1 unspecified atom stereocenters. The number of aromatic nitrogens is 1. The van der Waals surface area contributed by atoms with Crippen LogP contribution in [0.25, 0.3) is 0 Å². The molecule has 1 aromatic rings. The lowest BCUT2D eigenvalue weighted by molar-refractivity contribution is -0.142. The number of carbonyl (C=O) groups is 1. The lowest BCUT2D eigenvalue weighted by atomic mass is 10.0. The van der Waals surface area contributed by atoms with Gasteiger partial charge in [-0.25, -0.2) is 0 Å². The zero-order valence-electron chi connectivity index (χ0n) is 9.89. The van der Waals surface area contributed by atoms with Crippen LogP contribution >= 0.6 is 0 Å². The Labute approximate surface area is 100 Å². The third kappa shape index (κ3) is 2.62. The number of rotatable bonds is 3. The van der Waals surface area contributed by atoms with Gasteiger partial charge in [-0.2, -0.15) is 0 Å². The third-order valence-corrected chi connectivity index (χ3v) is 3.18. The summed E-state index contributed by atoms with van der Waals surface area (Å²) < 4.78 is 0. The number of hydrogen-bond acceptors (Lipinski definition) is 4. The molecule has 0 spiro atoms. The molecule has 0 aromatic carbocycles. The van der Waals surface area contributed by atoms with Crippen molar-refractivity contribution in [2.24, 2.45) is 5.73 Å². The van der Waals surface area contributed by atoms with Crippen molar-refractivity contribution in [3.63, 3.8) is 0 Å². The molecule has 17 heavy (non-hydrogen) atoms. The topological polar surface area (TPSA) is 79.5 Å². The van der Waals surface area contributed by atoms with Gasteiger partial charge in [0.25, 0.3) is 0 Å². The van der Waals surface area contributed by atoms with Crippen LogP contribution in [0.15, 0.2) is 18.3 Å². The molecular weight excluding hydrogens is 218 g/mol. The van der Waals surface area contributed by atoms with Crippen LogP contribution in [0.2, 0.25) is 0 Å². The molecule has 2 heterocycles. The van der Waals surface area contributed by atoms with Crippen LogP contribution in [-0.4, -0.2) is 39.6 Å². The molecule has 1 fully saturated rings. The maximum atomic E-state index is 11.0. The fourth-order valence-electron chi connectivity index (χ4n) is 2.07. The lowest BCUT2D eigenvalue weighted by Gasteiger charge is -2.19. The Bertz CT molecular complexity index is 418. The zero-order chi connectivity index (χ0) is 12.5. The van der Waals surface area contributed by atoms with Gasteiger partial charge in [0.1, 0.15) is 5.54 Å². The molecule has 1 saturated heterocycles. The number of hydrogen-bond donors (Lipinski definition) is 2. The number of nitrogens with zero attached hydrogens (tertiary/aromatic N) is 2. The molecule has 0 aliphatic carbocycles. The summed E-state index contributed by atoms with van der Waals surface area (Å²) in [6.07, 6.45) is 2.33. The number of likely N-dealkylation sites (tertiary alicyclic amines) is 1. The van der Waals surface area contributed by atoms with E-state index in [0.29, 0.717) is 19.5 Å². The first kappa shape index (κ1) is 12.0. The highest BCUT2D eigenvalue weighted by atomic mass is 16.4. The Morgan fingerprint density at radius 2 is 2.41 bits per heavy atom. The summed E-state index contributed by atoms with van der Waals surface area (Å²) >= 11 is 0. The molecule has 1 aliphatic heterocycles. The predicted octanol–water partition coefficient (Wildman–Crippen LogP) is 0.378. The van der Waals surface area contributed by atoms with Gasteiger partial charge in [0.2, 0.25) is 0 Å². The van der Waals surface area contributed by atoms with Gasteiger partial charge in [0.05, 0.1) is 0 Å². The van der Waals surface area contributed by atoms with Crippen molar-refractivity contribution in [1.29, 1.82) is 0 Å². The normalized spacial score (nSPS) is 25.1. The Hall–Kier alpha value is -1.46. The van der Waals surface area contributed by atoms with Crippen LogP contribution in [0, 0.1) is 6.92 Å². The minimum Gasteiger partial charge on any atom is -0.480 e. The standard InChI is InChI=1S/C12H17N3O2/c1-9-2-3-10(6-14-9)7-15-5-4-12(13,8-15)11(16)17/h2-3,6H,4-5,7-8,13H2,1H3,(H,16,17). The SMILES string of the molecule is Cc1ccc(CN2CCC(N)(C(=O)O)C2)cn1. The average Bonchev–Trinajstić information content (AvgIpc) is 2.65. The minimum absolute atomic E-state index is 0.399. The molecule has 92 valence electrons. The van der Waals surface area contributed by atoms with E-state index in [1.54, 1.807) is 0 Å². The monoisotopic (exact) mass is 235 g/mol. The molecular formula is C12H17N3O2. The minimum atomic E-state index is -1.09. The summed E-state index contributed by atoms with van der Waals surface area (Å²) in [5.41, 5.74) is 6.80. The van der Waals surface area contributed by atoms with Crippen molar-refractivity contribution in [3.05, 3.63) is 29.6 Å². The predicted molar refractivity (Wildman–Crippen MR) is 63.4 cm³/mol. The molecule has 5 nitrogen and oxygen atoms in total. The number of aryl methyl sites for hydroxylation is 1. The zero-order valence-corrected chi connectivity index (χ0v) is 9.89. The van der Waals surface area contributed by atoms with E-state index in [9.17, 15) is 4.79 Å². The van der Waals surface area contributed by atoms with Gasteiger partial charge in [0, 0.05) is 31.5 Å². The van der Waals surface area contributed by atoms with Crippen molar-refractivity contribution in [2.75, 3.05) is 13.1 Å². The Morgan fingerprint density at radius 1 is 1.65 bits per heavy atom. The van der Waals surface area contributed by atoms with E-state index in [4.69, 9.17) is 10.8 Å². The maximum Gasteiger partial charge on any atom is 0.325 e. The van der Waals surface area contributed by atoms with Gasteiger partial charge >= 0.3 is 5.97 Å². The number of carboxylic acids is 1. The first-order valence-corrected chi connectivity index (χ1v) is 5.66. The number of aliphatic carboxylic acids is 1. The molecule has 2 rings (SSSR count). The fourth-order valence-corrected chi connectivity index (χ4v) is 2.07. The lowest BCUT2D eigenvalue weighted by Crippen LogP contribution is -2.50. The summed E-state index contributed by atoms with van der Waals surface area (Å²) in [7, 11) is 0. The summed E-state index contributed by atoms with van der Waals surface area (Å²) in [6, 6.07) is 3.97. The van der Waals surface area contributed by atoms with Crippen LogP contribution < -0.4 is 5.73 Å². The summed E-state index contributed by atoms with van der Waals surface area (Å²) in [5.74, 6) is -0.915. The second-order valence-corrected chi connectivity index (χ2v) is 4.73. The van der Waals surface area contributed by atoms with Crippen molar-refractivity contribution >= 4 is 5.97 Å². The van der Waals surface area contributed by atoms with Gasteiger partial charge < -0.3 is 10.8 Å². The number of pyridine rings is 1. The molecule has 1 aliphatic rings. The Balaban J connectivity index is 1.98. The van der Waals surface area contributed by atoms with Crippen LogP contribution in [0.5, 0.6) is 0 Å². The first-order valence-electron chi connectivity index (χ1n) is 5.66. The van der Waals surface area contributed by atoms with Gasteiger partial charge in [-0.3, -0.25) is 14.7 Å². The Kier molecular flexibility index (Phi) is 3.13. The molecule has 1 aromatic heterocycles. The van der Waals surface area contributed by atoms with E-state index in [-0.39, 0.29) is 0 Å². The van der Waals surface area contributed by atoms with Gasteiger partial charge in [-0.1, -0.05) is 6.07 Å². The van der Waals surface area contributed by atoms with E-state index in [0.717, 1.165) is 17.8 Å². The number of carboxylic acid groups (broad SMARTS) is 1. The molecule has 1 atom stereocenters. The highest BCUT2D eigenvalue weighted by Gasteiger charge is 2.40. The van der Waals surface area contributed by atoms with Gasteiger partial charge in [-0.15, -0.1) is 0 Å². The summed E-state index contributed by atoms with van der Waals surface area (Å²) in [6.45, 7) is 3.77. The van der Waals surface area contributed by atoms with Crippen LogP contribution in [0.1, 0.15) is 17.7 Å². The second kappa shape index (κ2) is 4.43. The van der Waals surface area contributed by atoms with Gasteiger partial charge in [0.15, 0.2) is 0 Å². The van der Waals surface area contributed by atoms with Crippen molar-refractivity contribution in [1.82, 2.24) is 9.88 Å². The van der Waals surface area contributed by atoms with E-state index in [1.807, 2.05) is 25.3 Å². The fraction of sp³-hybridized carbons (Fsp3) is 0.500. The quantitative estimate of drug-likeness (QED) is 0.791. The van der Waals surface area contributed by atoms with Gasteiger partial charge in [-0.05, 0) is 25.0 Å². The van der Waals surface area contributed by atoms with E-state index in [2.05, 4.69) is 9.88 Å². The van der Waals surface area contributed by atoms with Crippen LogP contribution in [0.3, 0.4) is 0 Å². The molecule has 0 radical (unpaired) electrons. The molecule has 0 bridgehead atoms. The highest BCUT2D eigenvalue weighted by molar-refractivity contribution is 5.79. The largest absolute Gasteiger partial charge is 0.480 e. The maximum absolute atomic E-state index is 11.0. The molecule has 0 saturated carbocycles. The van der Waals surface area contributed by atoms with E-state index < -0.39 is 11.5 Å². The van der Waals surface area contributed by atoms with Crippen molar-refractivity contribution in [3.8, 4) is 0 Å². The summed E-state index contributed by atoms with van der Waals surface area (Å²) in [5, 5.41) is 9.03. The third-order valence-electron chi connectivity index (χ3n) is 3.18. The first-order chi connectivity index (χ1) is 7.99. The van der Waals surface area contributed by atoms with E-state index in [1.165, 1.54) is 0 Å². The smallest absolute Gasteiger partial charge is 0.325 e. The van der Waals surface area contributed by atoms with Crippen molar-refractivity contribution < 1.29 is 9.90 Å². The molecule has 3 N–H and O–H groups in total. The highest BCUT2D eigenvalue weighted by Crippen LogP contribution is 2.20. The van der Waals surface area contributed by atoms with E-state index >= 15 is 0 Å². The molecule has 5 heteroatoms.